The number of benzene rings is 2. The largest absolute Gasteiger partial charge is 0.506 e. The second-order valence-corrected chi connectivity index (χ2v) is 7.01. The van der Waals surface area contributed by atoms with Gasteiger partial charge in [-0.3, -0.25) is 0 Å². The highest BCUT2D eigenvalue weighted by molar-refractivity contribution is 5.79. The topological polar surface area (TPSA) is 75.7 Å². The van der Waals surface area contributed by atoms with Crippen LogP contribution in [-0.2, 0) is 11.2 Å². The summed E-state index contributed by atoms with van der Waals surface area (Å²) in [4.78, 5) is 0. The molecule has 0 amide bonds. The lowest BCUT2D eigenvalue weighted by Crippen LogP contribution is -2.20. The summed E-state index contributed by atoms with van der Waals surface area (Å²) >= 11 is 0. The molecule has 25 heavy (non-hydrogen) atoms. The fraction of sp³-hybridized carbons (Fsp3) is 0.429. The van der Waals surface area contributed by atoms with Gasteiger partial charge in [0.2, 0.25) is 0 Å². The van der Waals surface area contributed by atoms with E-state index < -0.39 is 0 Å². The molecule has 2 aromatic rings. The Morgan fingerprint density at radius 3 is 2.32 bits per heavy atom. The van der Waals surface area contributed by atoms with Crippen LogP contribution < -0.4 is 5.73 Å². The van der Waals surface area contributed by atoms with Crippen molar-refractivity contribution in [3.8, 4) is 22.6 Å². The number of ether oxygens (including phenoxy) is 1. The summed E-state index contributed by atoms with van der Waals surface area (Å²) in [5.74, 6) is 0.635. The van der Waals surface area contributed by atoms with E-state index >= 15 is 0 Å². The van der Waals surface area contributed by atoms with Gasteiger partial charge >= 0.3 is 0 Å². The number of rotatable bonds is 5. The Morgan fingerprint density at radius 2 is 1.68 bits per heavy atom. The van der Waals surface area contributed by atoms with E-state index in [2.05, 4.69) is 12.1 Å². The molecule has 2 aromatic carbocycles. The summed E-state index contributed by atoms with van der Waals surface area (Å²) in [7, 11) is 1.81. The second-order valence-electron chi connectivity index (χ2n) is 7.01. The van der Waals surface area contributed by atoms with Crippen molar-refractivity contribution < 1.29 is 14.9 Å². The molecule has 4 nitrogen and oxygen atoms in total. The van der Waals surface area contributed by atoms with Gasteiger partial charge in [0.1, 0.15) is 17.2 Å². The van der Waals surface area contributed by atoms with Crippen molar-refractivity contribution in [3.05, 3.63) is 42.0 Å². The van der Waals surface area contributed by atoms with Crippen LogP contribution in [0.5, 0.6) is 11.5 Å². The molecule has 0 unspecified atom stereocenters. The zero-order chi connectivity index (χ0) is 17.8. The molecule has 0 radical (unpaired) electrons. The van der Waals surface area contributed by atoms with Gasteiger partial charge in [0.15, 0.2) is 0 Å². The molecule has 1 aliphatic rings. The first-order valence-corrected chi connectivity index (χ1v) is 9.01. The molecule has 0 atom stereocenters. The molecule has 4 heteroatoms. The molecule has 0 saturated heterocycles. The van der Waals surface area contributed by atoms with Gasteiger partial charge in [-0.05, 0) is 67.7 Å². The zero-order valence-corrected chi connectivity index (χ0v) is 14.7. The molecule has 134 valence electrons. The number of anilines is 1. The number of nitrogens with two attached hydrogens (primary N) is 1. The van der Waals surface area contributed by atoms with Crippen molar-refractivity contribution in [3.63, 3.8) is 0 Å². The third-order valence-corrected chi connectivity index (χ3v) is 5.43. The van der Waals surface area contributed by atoms with Crippen LogP contribution in [0.25, 0.3) is 11.1 Å². The highest BCUT2D eigenvalue weighted by Gasteiger charge is 2.20. The monoisotopic (exact) mass is 341 g/mol. The summed E-state index contributed by atoms with van der Waals surface area (Å²) in [6.45, 7) is 0. The number of aromatic hydroxyl groups is 2. The van der Waals surface area contributed by atoms with Crippen LogP contribution in [0.3, 0.4) is 0 Å². The maximum absolute atomic E-state index is 10.1. The van der Waals surface area contributed by atoms with Gasteiger partial charge < -0.3 is 20.7 Å². The molecule has 1 fully saturated rings. The highest BCUT2D eigenvalue weighted by Crippen LogP contribution is 2.39. The van der Waals surface area contributed by atoms with Gasteiger partial charge in [-0.1, -0.05) is 24.3 Å². The number of hydrogen-bond donors (Lipinski definition) is 3. The Bertz CT molecular complexity index is 704. The van der Waals surface area contributed by atoms with E-state index in [1.54, 1.807) is 6.07 Å². The molecule has 0 aromatic heterocycles. The van der Waals surface area contributed by atoms with Gasteiger partial charge in [0.25, 0.3) is 0 Å². The van der Waals surface area contributed by atoms with Crippen molar-refractivity contribution in [2.45, 2.75) is 44.6 Å². The first-order valence-electron chi connectivity index (χ1n) is 9.01. The number of phenolic OH excluding ortho intramolecular Hbond substituents is 2. The minimum absolute atomic E-state index is 0.0215. The predicted octanol–water partition coefficient (Wildman–Crippen LogP) is 4.48. The Hall–Kier alpha value is -2.20. The lowest BCUT2D eigenvalue weighted by atomic mass is 9.83. The molecule has 0 spiro atoms. The fourth-order valence-electron chi connectivity index (χ4n) is 3.71. The van der Waals surface area contributed by atoms with Gasteiger partial charge in [-0.25, -0.2) is 0 Å². The normalized spacial score (nSPS) is 20.5. The lowest BCUT2D eigenvalue weighted by molar-refractivity contribution is 0.0556. The molecular formula is C21H27NO3. The van der Waals surface area contributed by atoms with Gasteiger partial charge in [0, 0.05) is 12.7 Å². The van der Waals surface area contributed by atoms with Crippen LogP contribution in [0.1, 0.15) is 37.7 Å². The number of aryl methyl sites for hydroxylation is 1. The van der Waals surface area contributed by atoms with Gasteiger partial charge in [0.05, 0.1) is 6.10 Å². The Morgan fingerprint density at radius 1 is 1.00 bits per heavy atom. The van der Waals surface area contributed by atoms with E-state index in [1.807, 2.05) is 19.2 Å². The number of methoxy groups -OCH3 is 1. The molecule has 1 saturated carbocycles. The van der Waals surface area contributed by atoms with Crippen molar-refractivity contribution in [1.82, 2.24) is 0 Å². The van der Waals surface area contributed by atoms with E-state index in [0.29, 0.717) is 11.7 Å². The summed E-state index contributed by atoms with van der Waals surface area (Å²) in [5.41, 5.74) is 8.56. The van der Waals surface area contributed by atoms with Crippen molar-refractivity contribution >= 4 is 5.69 Å². The van der Waals surface area contributed by atoms with Crippen LogP contribution in [0.15, 0.2) is 36.4 Å². The summed E-state index contributed by atoms with van der Waals surface area (Å²) in [6.07, 6.45) is 7.64. The van der Waals surface area contributed by atoms with E-state index in [4.69, 9.17) is 10.5 Å². The minimum Gasteiger partial charge on any atom is -0.506 e. The molecule has 1 aliphatic carbocycles. The number of hydrogen-bond acceptors (Lipinski definition) is 4. The van der Waals surface area contributed by atoms with Crippen LogP contribution in [0, 0.1) is 5.92 Å². The SMILES string of the molecule is COC1CCC(CCc2ccc(-c3ccc(O)c(N)c3O)cc2)CC1. The Labute approximate surface area is 149 Å². The Kier molecular flexibility index (Phi) is 5.49. The number of phenols is 2. The van der Waals surface area contributed by atoms with Gasteiger partial charge in [-0.2, -0.15) is 0 Å². The third kappa shape index (κ3) is 4.07. The zero-order valence-electron chi connectivity index (χ0n) is 14.7. The molecule has 0 bridgehead atoms. The van der Waals surface area contributed by atoms with Crippen molar-refractivity contribution in [2.75, 3.05) is 12.8 Å². The summed E-state index contributed by atoms with van der Waals surface area (Å²) in [5, 5.41) is 19.7. The maximum Gasteiger partial charge on any atom is 0.150 e. The Balaban J connectivity index is 1.60. The third-order valence-electron chi connectivity index (χ3n) is 5.43. The molecule has 4 N–H and O–H groups in total. The smallest absolute Gasteiger partial charge is 0.150 e. The van der Waals surface area contributed by atoms with E-state index in [9.17, 15) is 10.2 Å². The van der Waals surface area contributed by atoms with Gasteiger partial charge in [-0.15, -0.1) is 0 Å². The standard InChI is InChI=1S/C21H27NO3/c1-25-17-10-6-15(7-11-17)3-2-14-4-8-16(9-5-14)18-12-13-19(23)20(22)21(18)24/h4-5,8-9,12-13,15,17,23-24H,2-3,6-7,10-11,22H2,1H3. The summed E-state index contributed by atoms with van der Waals surface area (Å²) < 4.78 is 5.44. The van der Waals surface area contributed by atoms with E-state index in [-0.39, 0.29) is 17.2 Å². The van der Waals surface area contributed by atoms with E-state index in [0.717, 1.165) is 17.9 Å². The van der Waals surface area contributed by atoms with E-state index in [1.165, 1.54) is 43.7 Å². The lowest BCUT2D eigenvalue weighted by Gasteiger charge is -2.27. The first kappa shape index (κ1) is 17.6. The van der Waals surface area contributed by atoms with Crippen LogP contribution >= 0.6 is 0 Å². The summed E-state index contributed by atoms with van der Waals surface area (Å²) in [6, 6.07) is 11.4. The molecule has 3 rings (SSSR count). The average molecular weight is 341 g/mol. The first-order chi connectivity index (χ1) is 12.1. The molecule has 0 heterocycles. The maximum atomic E-state index is 10.1. The molecule has 0 aliphatic heterocycles. The quantitative estimate of drug-likeness (QED) is 0.553. The predicted molar refractivity (Wildman–Crippen MR) is 101 cm³/mol. The van der Waals surface area contributed by atoms with Crippen LogP contribution in [-0.4, -0.2) is 23.4 Å². The van der Waals surface area contributed by atoms with Crippen molar-refractivity contribution in [1.29, 1.82) is 0 Å². The van der Waals surface area contributed by atoms with Crippen LogP contribution in [0.2, 0.25) is 0 Å². The molecular weight excluding hydrogens is 314 g/mol. The average Bonchev–Trinajstić information content (AvgIpc) is 2.65. The van der Waals surface area contributed by atoms with Crippen LogP contribution in [0.4, 0.5) is 5.69 Å². The number of nitrogen functional groups attached to an aromatic ring is 1. The second kappa shape index (κ2) is 7.79. The fourth-order valence-corrected chi connectivity index (χ4v) is 3.71. The van der Waals surface area contributed by atoms with Crippen molar-refractivity contribution in [2.24, 2.45) is 5.92 Å². The minimum atomic E-state index is -0.0962. The highest BCUT2D eigenvalue weighted by atomic mass is 16.5.